The van der Waals surface area contributed by atoms with Crippen molar-refractivity contribution in [2.24, 2.45) is 10.9 Å². The highest BCUT2D eigenvalue weighted by Gasteiger charge is 2.10. The zero-order chi connectivity index (χ0) is 20.1. The second-order valence-corrected chi connectivity index (χ2v) is 7.69. The van der Waals surface area contributed by atoms with Gasteiger partial charge in [0, 0.05) is 57.8 Å². The molecule has 2 N–H and O–H groups in total. The number of ether oxygens (including phenoxy) is 1. The van der Waals surface area contributed by atoms with Gasteiger partial charge in [0.15, 0.2) is 5.96 Å². The first-order chi connectivity index (χ1) is 12.9. The Morgan fingerprint density at radius 3 is 2.57 bits per heavy atom. The highest BCUT2D eigenvalue weighted by molar-refractivity contribution is 14.0. The van der Waals surface area contributed by atoms with Crippen LogP contribution in [0.1, 0.15) is 32.3 Å². The van der Waals surface area contributed by atoms with Crippen molar-refractivity contribution < 1.29 is 9.53 Å². The first-order valence-electron chi connectivity index (χ1n) is 9.43. The third-order valence-electron chi connectivity index (χ3n) is 3.86. The monoisotopic (exact) mass is 568 g/mol. The van der Waals surface area contributed by atoms with Crippen LogP contribution in [0.3, 0.4) is 0 Å². The van der Waals surface area contributed by atoms with Crippen LogP contribution in [0.25, 0.3) is 0 Å². The van der Waals surface area contributed by atoms with E-state index in [1.54, 1.807) is 11.9 Å². The molecule has 1 amide bonds. The van der Waals surface area contributed by atoms with Gasteiger partial charge in [-0.15, -0.1) is 24.0 Å². The average molecular weight is 569 g/mol. The first-order valence-corrected chi connectivity index (χ1v) is 10.2. The van der Waals surface area contributed by atoms with Gasteiger partial charge in [-0.2, -0.15) is 0 Å². The van der Waals surface area contributed by atoms with Gasteiger partial charge in [0.05, 0.1) is 0 Å². The minimum Gasteiger partial charge on any atom is -0.381 e. The Hall–Kier alpha value is -0.870. The lowest BCUT2D eigenvalue weighted by atomic mass is 10.2. The Kier molecular flexibility index (Phi) is 15.5. The summed E-state index contributed by atoms with van der Waals surface area (Å²) < 4.78 is 6.57. The lowest BCUT2D eigenvalue weighted by Gasteiger charge is -2.19. The van der Waals surface area contributed by atoms with Crippen LogP contribution >= 0.6 is 39.9 Å². The normalized spacial score (nSPS) is 11.1. The number of nitrogens with zero attached hydrogens (tertiary/aromatic N) is 2. The number of halogens is 2. The van der Waals surface area contributed by atoms with E-state index < -0.39 is 0 Å². The zero-order valence-electron chi connectivity index (χ0n) is 17.3. The summed E-state index contributed by atoms with van der Waals surface area (Å²) >= 11 is 3.52. The molecule has 0 saturated heterocycles. The molecule has 1 aromatic carbocycles. The minimum atomic E-state index is 0. The summed E-state index contributed by atoms with van der Waals surface area (Å²) in [7, 11) is 3.55. The third-order valence-corrected chi connectivity index (χ3v) is 4.63. The topological polar surface area (TPSA) is 66.0 Å². The molecule has 0 aromatic heterocycles. The number of hydrogen-bond acceptors (Lipinski definition) is 3. The van der Waals surface area contributed by atoms with Crippen molar-refractivity contribution in [1.82, 2.24) is 15.5 Å². The van der Waals surface area contributed by atoms with Crippen LogP contribution in [0, 0.1) is 5.92 Å². The number of carbonyl (C=O) groups is 1. The number of benzene rings is 1. The molecular formula is C20H34BrIN4O2. The van der Waals surface area contributed by atoms with E-state index in [1.165, 1.54) is 0 Å². The predicted octanol–water partition coefficient (Wildman–Crippen LogP) is 3.64. The highest BCUT2D eigenvalue weighted by atomic mass is 127. The van der Waals surface area contributed by atoms with Crippen molar-refractivity contribution in [1.29, 1.82) is 0 Å². The molecule has 6 nitrogen and oxygen atoms in total. The van der Waals surface area contributed by atoms with E-state index in [9.17, 15) is 4.79 Å². The fourth-order valence-electron chi connectivity index (χ4n) is 2.37. The van der Waals surface area contributed by atoms with Crippen molar-refractivity contribution in [2.75, 3.05) is 40.4 Å². The summed E-state index contributed by atoms with van der Waals surface area (Å²) in [5, 5.41) is 6.42. The number of nitrogens with one attached hydrogen (secondary N) is 2. The Bertz CT molecular complexity index is 599. The van der Waals surface area contributed by atoms with E-state index >= 15 is 0 Å². The molecule has 1 aromatic rings. The zero-order valence-corrected chi connectivity index (χ0v) is 21.2. The molecule has 0 aliphatic rings. The number of amides is 1. The van der Waals surface area contributed by atoms with Crippen LogP contribution < -0.4 is 10.6 Å². The summed E-state index contributed by atoms with van der Waals surface area (Å²) in [4.78, 5) is 18.2. The fraction of sp³-hybridized carbons (Fsp3) is 0.600. The Balaban J connectivity index is 0.00000729. The lowest BCUT2D eigenvalue weighted by molar-refractivity contribution is -0.130. The number of guanidine groups is 1. The smallest absolute Gasteiger partial charge is 0.224 e. The predicted molar refractivity (Wildman–Crippen MR) is 130 cm³/mol. The summed E-state index contributed by atoms with van der Waals surface area (Å²) in [5.41, 5.74) is 1.10. The molecule has 160 valence electrons. The van der Waals surface area contributed by atoms with Crippen molar-refractivity contribution in [3.63, 3.8) is 0 Å². The van der Waals surface area contributed by atoms with Crippen molar-refractivity contribution in [3.8, 4) is 0 Å². The van der Waals surface area contributed by atoms with Gasteiger partial charge in [-0.3, -0.25) is 9.79 Å². The second-order valence-electron chi connectivity index (χ2n) is 6.84. The molecule has 0 unspecified atom stereocenters. The number of hydrogen-bond donors (Lipinski definition) is 2. The average Bonchev–Trinajstić information content (AvgIpc) is 2.64. The molecule has 0 saturated carbocycles. The molecule has 0 atom stereocenters. The van der Waals surface area contributed by atoms with Crippen LogP contribution in [0.5, 0.6) is 0 Å². The van der Waals surface area contributed by atoms with E-state index in [1.807, 2.05) is 31.3 Å². The van der Waals surface area contributed by atoms with Gasteiger partial charge in [-0.1, -0.05) is 48.0 Å². The highest BCUT2D eigenvalue weighted by Crippen LogP contribution is 2.17. The maximum absolute atomic E-state index is 12.3. The van der Waals surface area contributed by atoms with Crippen molar-refractivity contribution >= 4 is 51.8 Å². The largest absolute Gasteiger partial charge is 0.381 e. The van der Waals surface area contributed by atoms with Gasteiger partial charge < -0.3 is 20.3 Å². The van der Waals surface area contributed by atoms with Gasteiger partial charge >= 0.3 is 0 Å². The van der Waals surface area contributed by atoms with Crippen LogP contribution in [-0.2, 0) is 16.1 Å². The lowest BCUT2D eigenvalue weighted by Crippen LogP contribution is -2.40. The van der Waals surface area contributed by atoms with Gasteiger partial charge in [0.2, 0.25) is 5.91 Å². The molecule has 8 heteroatoms. The number of rotatable bonds is 11. The molecule has 0 heterocycles. The summed E-state index contributed by atoms with van der Waals surface area (Å²) in [6.07, 6.45) is 1.33. The fourth-order valence-corrected chi connectivity index (χ4v) is 2.78. The summed E-state index contributed by atoms with van der Waals surface area (Å²) in [6.45, 7) is 7.73. The molecule has 1 rings (SSSR count). The van der Waals surface area contributed by atoms with Gasteiger partial charge in [0.1, 0.15) is 0 Å². The number of aliphatic imine (C=N–C) groups is 1. The van der Waals surface area contributed by atoms with Crippen LogP contribution in [0.4, 0.5) is 0 Å². The molecule has 0 fully saturated rings. The maximum Gasteiger partial charge on any atom is 0.224 e. The van der Waals surface area contributed by atoms with Gasteiger partial charge in [0.25, 0.3) is 0 Å². The van der Waals surface area contributed by atoms with E-state index in [4.69, 9.17) is 4.74 Å². The van der Waals surface area contributed by atoms with E-state index in [0.717, 1.165) is 36.2 Å². The van der Waals surface area contributed by atoms with Crippen LogP contribution in [0.15, 0.2) is 33.7 Å². The second kappa shape index (κ2) is 16.0. The van der Waals surface area contributed by atoms with Crippen LogP contribution in [0.2, 0.25) is 0 Å². The van der Waals surface area contributed by atoms with E-state index in [-0.39, 0.29) is 29.9 Å². The maximum atomic E-state index is 12.3. The molecular weight excluding hydrogens is 535 g/mol. The number of carbonyl (C=O) groups excluding carboxylic acids is 1. The molecule has 0 aliphatic carbocycles. The molecule has 0 radical (unpaired) electrons. The standard InChI is InChI=1S/C20H33BrN4O2.HI/c1-16(2)15-27-13-7-11-23-20(22-3)24-12-10-19(26)25(4)14-17-8-5-6-9-18(17)21;/h5-6,8-9,16H,7,10-15H2,1-4H3,(H2,22,23,24);1H. The van der Waals surface area contributed by atoms with Crippen LogP contribution in [-0.4, -0.2) is 57.2 Å². The quantitative estimate of drug-likeness (QED) is 0.185. The molecule has 28 heavy (non-hydrogen) atoms. The van der Waals surface area contributed by atoms with E-state index in [2.05, 4.69) is 45.4 Å². The van der Waals surface area contributed by atoms with Crippen molar-refractivity contribution in [2.45, 2.75) is 33.2 Å². The first kappa shape index (κ1) is 27.1. The Morgan fingerprint density at radius 2 is 1.93 bits per heavy atom. The Morgan fingerprint density at radius 1 is 1.25 bits per heavy atom. The molecule has 0 bridgehead atoms. The molecule has 0 aliphatic heterocycles. The van der Waals surface area contributed by atoms with Crippen molar-refractivity contribution in [3.05, 3.63) is 34.3 Å². The summed E-state index contributed by atoms with van der Waals surface area (Å²) in [6, 6.07) is 7.94. The third kappa shape index (κ3) is 11.9. The van der Waals surface area contributed by atoms with Gasteiger partial charge in [-0.05, 0) is 24.0 Å². The Labute approximate surface area is 195 Å². The van der Waals surface area contributed by atoms with Gasteiger partial charge in [-0.25, -0.2) is 0 Å². The SMILES string of the molecule is CN=C(NCCCOCC(C)C)NCCC(=O)N(C)Cc1ccccc1Br.I. The summed E-state index contributed by atoms with van der Waals surface area (Å²) in [5.74, 6) is 1.36. The van der Waals surface area contributed by atoms with E-state index in [0.29, 0.717) is 31.4 Å². The molecule has 0 spiro atoms. The minimum absolute atomic E-state index is 0.